The number of nitrogens with zero attached hydrogens (tertiary/aromatic N) is 2. The zero-order valence-electron chi connectivity index (χ0n) is 16.2. The molecule has 3 aromatic rings. The Morgan fingerprint density at radius 3 is 2.66 bits per heavy atom. The third-order valence-corrected chi connectivity index (χ3v) is 4.62. The Kier molecular flexibility index (Phi) is 5.61. The molecule has 0 bridgehead atoms. The molecule has 1 aliphatic rings. The van der Waals surface area contributed by atoms with Gasteiger partial charge in [0.1, 0.15) is 19.0 Å². The molecule has 0 radical (unpaired) electrons. The van der Waals surface area contributed by atoms with E-state index in [-0.39, 0.29) is 12.0 Å². The first-order chi connectivity index (χ1) is 14.2. The number of amides is 1. The summed E-state index contributed by atoms with van der Waals surface area (Å²) < 4.78 is 17.4. The standard InChI is InChI=1S/C23H22N2O4/c1-25(14-20-16-28-21-6-2-3-7-22(21)29-20)23(26)18-8-10-19(11-9-18)27-15-17-5-4-12-24-13-17/h2-13,20H,14-16H2,1H3. The Morgan fingerprint density at radius 2 is 1.90 bits per heavy atom. The lowest BCUT2D eigenvalue weighted by Gasteiger charge is -2.29. The maximum absolute atomic E-state index is 12.7. The van der Waals surface area contributed by atoms with E-state index >= 15 is 0 Å². The van der Waals surface area contributed by atoms with Crippen molar-refractivity contribution in [2.45, 2.75) is 12.7 Å². The smallest absolute Gasteiger partial charge is 0.253 e. The van der Waals surface area contributed by atoms with Gasteiger partial charge < -0.3 is 19.1 Å². The van der Waals surface area contributed by atoms with Crippen LogP contribution in [0.25, 0.3) is 0 Å². The molecule has 29 heavy (non-hydrogen) atoms. The molecule has 0 spiro atoms. The van der Waals surface area contributed by atoms with Gasteiger partial charge >= 0.3 is 0 Å². The third-order valence-electron chi connectivity index (χ3n) is 4.62. The fourth-order valence-electron chi connectivity index (χ4n) is 3.11. The van der Waals surface area contributed by atoms with Crippen molar-refractivity contribution in [2.24, 2.45) is 0 Å². The van der Waals surface area contributed by atoms with Crippen molar-refractivity contribution in [3.05, 3.63) is 84.2 Å². The van der Waals surface area contributed by atoms with E-state index in [2.05, 4.69) is 4.98 Å². The van der Waals surface area contributed by atoms with Crippen molar-refractivity contribution in [3.63, 3.8) is 0 Å². The van der Waals surface area contributed by atoms with Crippen LogP contribution >= 0.6 is 0 Å². The molecule has 0 saturated heterocycles. The zero-order chi connectivity index (χ0) is 20.1. The summed E-state index contributed by atoms with van der Waals surface area (Å²) >= 11 is 0. The van der Waals surface area contributed by atoms with Crippen molar-refractivity contribution in [1.82, 2.24) is 9.88 Å². The molecule has 0 saturated carbocycles. The third kappa shape index (κ3) is 4.66. The number of aromatic nitrogens is 1. The number of ether oxygens (including phenoxy) is 3. The molecule has 0 N–H and O–H groups in total. The van der Waals surface area contributed by atoms with Crippen molar-refractivity contribution in [3.8, 4) is 17.2 Å². The minimum Gasteiger partial charge on any atom is -0.489 e. The zero-order valence-corrected chi connectivity index (χ0v) is 16.2. The Balaban J connectivity index is 1.32. The van der Waals surface area contributed by atoms with Gasteiger partial charge in [-0.1, -0.05) is 18.2 Å². The molecule has 6 nitrogen and oxygen atoms in total. The molecule has 2 heterocycles. The van der Waals surface area contributed by atoms with Crippen LogP contribution in [0.4, 0.5) is 0 Å². The Morgan fingerprint density at radius 1 is 1.10 bits per heavy atom. The van der Waals surface area contributed by atoms with Gasteiger partial charge in [0, 0.05) is 30.6 Å². The average molecular weight is 390 g/mol. The van der Waals surface area contributed by atoms with Crippen molar-refractivity contribution < 1.29 is 19.0 Å². The molecular formula is C23H22N2O4. The topological polar surface area (TPSA) is 60.9 Å². The second-order valence-corrected chi connectivity index (χ2v) is 6.86. The molecule has 0 aliphatic carbocycles. The van der Waals surface area contributed by atoms with Crippen LogP contribution < -0.4 is 14.2 Å². The number of benzene rings is 2. The van der Waals surface area contributed by atoms with E-state index in [1.165, 1.54) is 0 Å². The Bertz CT molecular complexity index is 960. The van der Waals surface area contributed by atoms with Gasteiger partial charge in [-0.25, -0.2) is 0 Å². The molecule has 1 atom stereocenters. The van der Waals surface area contributed by atoms with E-state index < -0.39 is 0 Å². The number of carbonyl (C=O) groups is 1. The first kappa shape index (κ1) is 18.8. The Labute approximate surface area is 169 Å². The number of rotatable bonds is 6. The highest BCUT2D eigenvalue weighted by Gasteiger charge is 2.24. The summed E-state index contributed by atoms with van der Waals surface area (Å²) in [5.74, 6) is 2.07. The highest BCUT2D eigenvalue weighted by Crippen LogP contribution is 2.31. The SMILES string of the molecule is CN(CC1COc2ccccc2O1)C(=O)c1ccc(OCc2cccnc2)cc1. The molecule has 0 fully saturated rings. The first-order valence-corrected chi connectivity index (χ1v) is 9.45. The Hall–Kier alpha value is -3.54. The number of carbonyl (C=O) groups excluding carboxylic acids is 1. The average Bonchev–Trinajstić information content (AvgIpc) is 2.78. The van der Waals surface area contributed by atoms with E-state index in [1.807, 2.05) is 36.4 Å². The fourth-order valence-corrected chi connectivity index (χ4v) is 3.11. The maximum Gasteiger partial charge on any atom is 0.253 e. The van der Waals surface area contributed by atoms with Gasteiger partial charge in [0.2, 0.25) is 0 Å². The largest absolute Gasteiger partial charge is 0.489 e. The van der Waals surface area contributed by atoms with Crippen molar-refractivity contribution >= 4 is 5.91 Å². The molecule has 1 aromatic heterocycles. The summed E-state index contributed by atoms with van der Waals surface area (Å²) in [6.45, 7) is 1.28. The number of para-hydroxylation sites is 2. The van der Waals surface area contributed by atoms with Gasteiger partial charge in [-0.2, -0.15) is 0 Å². The van der Waals surface area contributed by atoms with Gasteiger partial charge in [0.25, 0.3) is 5.91 Å². The van der Waals surface area contributed by atoms with E-state index in [1.54, 1.807) is 48.6 Å². The van der Waals surface area contributed by atoms with Crippen LogP contribution in [0.5, 0.6) is 17.2 Å². The van der Waals surface area contributed by atoms with Crippen LogP contribution in [0.2, 0.25) is 0 Å². The molecule has 1 aliphatic heterocycles. The summed E-state index contributed by atoms with van der Waals surface area (Å²) in [6, 6.07) is 18.5. The lowest BCUT2D eigenvalue weighted by molar-refractivity contribution is 0.0521. The van der Waals surface area contributed by atoms with Gasteiger partial charge in [-0.05, 0) is 42.5 Å². The lowest BCUT2D eigenvalue weighted by atomic mass is 10.2. The molecule has 148 valence electrons. The van der Waals surface area contributed by atoms with Gasteiger partial charge in [0.05, 0.1) is 6.54 Å². The second-order valence-electron chi connectivity index (χ2n) is 6.86. The monoisotopic (exact) mass is 390 g/mol. The molecule has 6 heteroatoms. The summed E-state index contributed by atoms with van der Waals surface area (Å²) in [5, 5.41) is 0. The van der Waals surface area contributed by atoms with Gasteiger partial charge in [0.15, 0.2) is 17.6 Å². The second kappa shape index (κ2) is 8.65. The van der Waals surface area contributed by atoms with Crippen LogP contribution in [-0.2, 0) is 6.61 Å². The molecule has 1 amide bonds. The van der Waals surface area contributed by atoms with E-state index in [0.29, 0.717) is 36.8 Å². The van der Waals surface area contributed by atoms with Crippen molar-refractivity contribution in [1.29, 1.82) is 0 Å². The van der Waals surface area contributed by atoms with Gasteiger partial charge in [-0.3, -0.25) is 9.78 Å². The summed E-state index contributed by atoms with van der Waals surface area (Å²) in [5.41, 5.74) is 1.59. The normalized spacial score (nSPS) is 14.9. The summed E-state index contributed by atoms with van der Waals surface area (Å²) in [7, 11) is 1.76. The molecule has 4 rings (SSSR count). The van der Waals surface area contributed by atoms with Crippen LogP contribution in [0.15, 0.2) is 73.1 Å². The van der Waals surface area contributed by atoms with Crippen molar-refractivity contribution in [2.75, 3.05) is 20.2 Å². The van der Waals surface area contributed by atoms with E-state index in [0.717, 1.165) is 11.3 Å². The quantitative estimate of drug-likeness (QED) is 0.644. The minimum atomic E-state index is -0.207. The number of hydrogen-bond acceptors (Lipinski definition) is 5. The highest BCUT2D eigenvalue weighted by molar-refractivity contribution is 5.94. The van der Waals surface area contributed by atoms with Crippen LogP contribution in [0.1, 0.15) is 15.9 Å². The van der Waals surface area contributed by atoms with E-state index in [4.69, 9.17) is 14.2 Å². The number of hydrogen-bond donors (Lipinski definition) is 0. The lowest BCUT2D eigenvalue weighted by Crippen LogP contribution is -2.41. The predicted molar refractivity (Wildman–Crippen MR) is 108 cm³/mol. The first-order valence-electron chi connectivity index (χ1n) is 9.45. The highest BCUT2D eigenvalue weighted by atomic mass is 16.6. The summed E-state index contributed by atoms with van der Waals surface area (Å²) in [6.07, 6.45) is 3.28. The minimum absolute atomic E-state index is 0.0775. The number of likely N-dealkylation sites (N-methyl/N-ethyl adjacent to an activating group) is 1. The molecule has 1 unspecified atom stereocenters. The van der Waals surface area contributed by atoms with Gasteiger partial charge in [-0.15, -0.1) is 0 Å². The maximum atomic E-state index is 12.7. The van der Waals surface area contributed by atoms with E-state index in [9.17, 15) is 4.79 Å². The molecular weight excluding hydrogens is 368 g/mol. The predicted octanol–water partition coefficient (Wildman–Crippen LogP) is 3.57. The van der Waals surface area contributed by atoms with Crippen LogP contribution in [0.3, 0.4) is 0 Å². The summed E-state index contributed by atoms with van der Waals surface area (Å²) in [4.78, 5) is 18.4. The number of pyridine rings is 1. The molecule has 2 aromatic carbocycles. The fraction of sp³-hybridized carbons (Fsp3) is 0.217. The van der Waals surface area contributed by atoms with Crippen LogP contribution in [-0.4, -0.2) is 42.1 Å². The van der Waals surface area contributed by atoms with Crippen LogP contribution in [0, 0.1) is 0 Å². The number of fused-ring (bicyclic) bond motifs is 1.